The number of para-hydroxylation sites is 2. The maximum absolute atomic E-state index is 11.4. The number of halogens is 2. The Labute approximate surface area is 125 Å². The van der Waals surface area contributed by atoms with Gasteiger partial charge >= 0.3 is 5.97 Å². The van der Waals surface area contributed by atoms with Crippen molar-refractivity contribution in [3.63, 3.8) is 0 Å². The Morgan fingerprint density at radius 3 is 2.20 bits per heavy atom. The summed E-state index contributed by atoms with van der Waals surface area (Å²) in [6, 6.07) is 9.88. The SMILES string of the molecule is O=C(O)C(Nc1c(Cl)cccc1Cl)c1ccccc1O. The Morgan fingerprint density at radius 1 is 1.05 bits per heavy atom. The number of hydrogen-bond acceptors (Lipinski definition) is 3. The van der Waals surface area contributed by atoms with Crippen LogP contribution in [-0.2, 0) is 4.79 Å². The zero-order valence-electron chi connectivity index (χ0n) is 10.2. The van der Waals surface area contributed by atoms with Crippen LogP contribution in [0.25, 0.3) is 0 Å². The Hall–Kier alpha value is -1.91. The number of nitrogens with one attached hydrogen (secondary N) is 1. The lowest BCUT2D eigenvalue weighted by Crippen LogP contribution is -2.21. The van der Waals surface area contributed by atoms with Crippen LogP contribution in [0.4, 0.5) is 5.69 Å². The minimum Gasteiger partial charge on any atom is -0.508 e. The molecule has 6 heteroatoms. The Balaban J connectivity index is 2.42. The van der Waals surface area contributed by atoms with Crippen LogP contribution in [-0.4, -0.2) is 16.2 Å². The molecule has 1 atom stereocenters. The molecule has 0 amide bonds. The molecule has 0 aliphatic heterocycles. The lowest BCUT2D eigenvalue weighted by molar-refractivity contribution is -0.138. The summed E-state index contributed by atoms with van der Waals surface area (Å²) in [5.74, 6) is -1.27. The van der Waals surface area contributed by atoms with E-state index in [1.54, 1.807) is 30.3 Å². The average molecular weight is 312 g/mol. The third kappa shape index (κ3) is 2.98. The molecule has 0 aliphatic carbocycles. The van der Waals surface area contributed by atoms with Gasteiger partial charge in [0.1, 0.15) is 5.75 Å². The molecule has 2 rings (SSSR count). The van der Waals surface area contributed by atoms with Gasteiger partial charge < -0.3 is 15.5 Å². The van der Waals surface area contributed by atoms with Gasteiger partial charge in [-0.15, -0.1) is 0 Å². The van der Waals surface area contributed by atoms with E-state index >= 15 is 0 Å². The quantitative estimate of drug-likeness (QED) is 0.800. The van der Waals surface area contributed by atoms with Gasteiger partial charge in [0.05, 0.1) is 15.7 Å². The number of aromatic hydroxyl groups is 1. The molecule has 0 fully saturated rings. The lowest BCUT2D eigenvalue weighted by Gasteiger charge is -2.19. The summed E-state index contributed by atoms with van der Waals surface area (Å²) in [7, 11) is 0. The lowest BCUT2D eigenvalue weighted by atomic mass is 10.1. The van der Waals surface area contributed by atoms with Crippen molar-refractivity contribution >= 4 is 34.9 Å². The first-order valence-corrected chi connectivity index (χ1v) is 6.47. The van der Waals surface area contributed by atoms with Crippen molar-refractivity contribution in [1.29, 1.82) is 0 Å². The van der Waals surface area contributed by atoms with E-state index in [0.29, 0.717) is 15.7 Å². The van der Waals surface area contributed by atoms with E-state index < -0.39 is 12.0 Å². The zero-order valence-corrected chi connectivity index (χ0v) is 11.7. The van der Waals surface area contributed by atoms with E-state index in [4.69, 9.17) is 23.2 Å². The largest absolute Gasteiger partial charge is 0.508 e. The van der Waals surface area contributed by atoms with Crippen molar-refractivity contribution in [2.75, 3.05) is 5.32 Å². The number of carboxylic acids is 1. The van der Waals surface area contributed by atoms with Crippen LogP contribution in [0.2, 0.25) is 10.0 Å². The minimum atomic E-state index is -1.16. The maximum atomic E-state index is 11.4. The van der Waals surface area contributed by atoms with Crippen LogP contribution < -0.4 is 5.32 Å². The molecule has 20 heavy (non-hydrogen) atoms. The van der Waals surface area contributed by atoms with Crippen molar-refractivity contribution in [1.82, 2.24) is 0 Å². The highest BCUT2D eigenvalue weighted by Gasteiger charge is 2.24. The molecule has 4 nitrogen and oxygen atoms in total. The minimum absolute atomic E-state index is 0.115. The van der Waals surface area contributed by atoms with Crippen LogP contribution in [0.15, 0.2) is 42.5 Å². The molecule has 0 saturated carbocycles. The summed E-state index contributed by atoms with van der Waals surface area (Å²) in [4.78, 5) is 11.4. The standard InChI is InChI=1S/C14H11Cl2NO3/c15-9-5-3-6-10(16)13(9)17-12(14(19)20)8-4-1-2-7-11(8)18/h1-7,12,17-18H,(H,19,20). The van der Waals surface area contributed by atoms with E-state index in [0.717, 1.165) is 0 Å². The van der Waals surface area contributed by atoms with E-state index in [-0.39, 0.29) is 11.3 Å². The first-order chi connectivity index (χ1) is 9.50. The van der Waals surface area contributed by atoms with E-state index in [1.165, 1.54) is 12.1 Å². The molecule has 0 heterocycles. The van der Waals surface area contributed by atoms with E-state index in [9.17, 15) is 15.0 Å². The van der Waals surface area contributed by atoms with Gasteiger partial charge in [-0.2, -0.15) is 0 Å². The second-order valence-corrected chi connectivity index (χ2v) is 4.89. The highest BCUT2D eigenvalue weighted by molar-refractivity contribution is 6.39. The summed E-state index contributed by atoms with van der Waals surface area (Å²) in [5.41, 5.74) is 0.544. The van der Waals surface area contributed by atoms with Gasteiger partial charge in [0.2, 0.25) is 0 Å². The van der Waals surface area contributed by atoms with E-state index in [2.05, 4.69) is 5.32 Å². The highest BCUT2D eigenvalue weighted by atomic mass is 35.5. The van der Waals surface area contributed by atoms with Crippen molar-refractivity contribution in [3.05, 3.63) is 58.1 Å². The molecular formula is C14H11Cl2NO3. The zero-order chi connectivity index (χ0) is 14.7. The Bertz CT molecular complexity index is 626. The number of rotatable bonds is 4. The van der Waals surface area contributed by atoms with Crippen LogP contribution >= 0.6 is 23.2 Å². The summed E-state index contributed by atoms with van der Waals surface area (Å²) in [6.45, 7) is 0. The molecular weight excluding hydrogens is 301 g/mol. The van der Waals surface area contributed by atoms with Crippen LogP contribution in [0.5, 0.6) is 5.75 Å². The van der Waals surface area contributed by atoms with Crippen LogP contribution in [0.1, 0.15) is 11.6 Å². The topological polar surface area (TPSA) is 69.6 Å². The van der Waals surface area contributed by atoms with E-state index in [1.807, 2.05) is 0 Å². The summed E-state index contributed by atoms with van der Waals surface area (Å²) >= 11 is 12.0. The van der Waals surface area contributed by atoms with Crippen LogP contribution in [0.3, 0.4) is 0 Å². The summed E-state index contributed by atoms with van der Waals surface area (Å²) < 4.78 is 0. The molecule has 0 radical (unpaired) electrons. The number of carboxylic acid groups (broad SMARTS) is 1. The monoisotopic (exact) mass is 311 g/mol. The fourth-order valence-electron chi connectivity index (χ4n) is 1.78. The second-order valence-electron chi connectivity index (χ2n) is 4.07. The van der Waals surface area contributed by atoms with Gasteiger partial charge in [-0.3, -0.25) is 0 Å². The van der Waals surface area contributed by atoms with Gasteiger partial charge in [-0.25, -0.2) is 4.79 Å². The molecule has 0 aromatic heterocycles. The molecule has 0 spiro atoms. The number of benzene rings is 2. The average Bonchev–Trinajstić information content (AvgIpc) is 2.39. The number of phenols is 1. The van der Waals surface area contributed by atoms with Crippen molar-refractivity contribution in [2.45, 2.75) is 6.04 Å². The van der Waals surface area contributed by atoms with Crippen molar-refractivity contribution < 1.29 is 15.0 Å². The van der Waals surface area contributed by atoms with Crippen molar-refractivity contribution in [2.24, 2.45) is 0 Å². The second kappa shape index (κ2) is 6.03. The normalized spacial score (nSPS) is 11.9. The van der Waals surface area contributed by atoms with Crippen molar-refractivity contribution in [3.8, 4) is 5.75 Å². The maximum Gasteiger partial charge on any atom is 0.330 e. The van der Waals surface area contributed by atoms with Crippen LogP contribution in [0, 0.1) is 0 Å². The number of anilines is 1. The van der Waals surface area contributed by atoms with Gasteiger partial charge in [0.25, 0.3) is 0 Å². The van der Waals surface area contributed by atoms with Gasteiger partial charge in [0, 0.05) is 5.56 Å². The third-order valence-corrected chi connectivity index (χ3v) is 3.38. The molecule has 2 aromatic rings. The fraction of sp³-hybridized carbons (Fsp3) is 0.0714. The third-order valence-electron chi connectivity index (χ3n) is 2.75. The summed E-state index contributed by atoms with van der Waals surface area (Å²) in [6.07, 6.45) is 0. The first-order valence-electron chi connectivity index (χ1n) is 5.72. The number of aliphatic carboxylic acids is 1. The van der Waals surface area contributed by atoms with Gasteiger partial charge in [-0.05, 0) is 18.2 Å². The number of hydrogen-bond donors (Lipinski definition) is 3. The Kier molecular flexibility index (Phi) is 4.37. The first kappa shape index (κ1) is 14.5. The highest BCUT2D eigenvalue weighted by Crippen LogP contribution is 2.34. The molecule has 0 aliphatic rings. The molecule has 3 N–H and O–H groups in total. The number of carbonyl (C=O) groups is 1. The predicted molar refractivity (Wildman–Crippen MR) is 78.6 cm³/mol. The molecule has 104 valence electrons. The van der Waals surface area contributed by atoms with Gasteiger partial charge in [-0.1, -0.05) is 47.5 Å². The molecule has 2 aromatic carbocycles. The molecule has 0 saturated heterocycles. The number of phenolic OH excluding ortho intramolecular Hbond substituents is 1. The molecule has 0 bridgehead atoms. The fourth-order valence-corrected chi connectivity index (χ4v) is 2.29. The summed E-state index contributed by atoms with van der Waals surface area (Å²) in [5, 5.41) is 22.5. The molecule has 1 unspecified atom stereocenters. The predicted octanol–water partition coefficient (Wildman–Crippen LogP) is 3.94. The Morgan fingerprint density at radius 2 is 1.65 bits per heavy atom. The van der Waals surface area contributed by atoms with Gasteiger partial charge in [0.15, 0.2) is 6.04 Å². The smallest absolute Gasteiger partial charge is 0.330 e.